The fourth-order valence-corrected chi connectivity index (χ4v) is 3.71. The number of nitrogens with zero attached hydrogens (tertiary/aromatic N) is 2. The molecule has 0 aliphatic carbocycles. The van der Waals surface area contributed by atoms with Gasteiger partial charge in [0.25, 0.3) is 0 Å². The highest BCUT2D eigenvalue weighted by atomic mass is 35.5. The topological polar surface area (TPSA) is 17.8 Å². The minimum Gasteiger partial charge on any atom is -0.324 e. The summed E-state index contributed by atoms with van der Waals surface area (Å²) in [6, 6.07) is 7.25. The Kier molecular flexibility index (Phi) is 4.20. The van der Waals surface area contributed by atoms with Gasteiger partial charge in [0, 0.05) is 23.4 Å². The lowest BCUT2D eigenvalue weighted by Crippen LogP contribution is -2.10. The summed E-state index contributed by atoms with van der Waals surface area (Å²) in [4.78, 5) is 5.74. The smallest absolute Gasteiger partial charge is 0.144 e. The third-order valence-corrected chi connectivity index (χ3v) is 4.87. The molecule has 0 aliphatic rings. The number of thiophene rings is 1. The molecule has 0 N–H and O–H groups in total. The van der Waals surface area contributed by atoms with Gasteiger partial charge in [0.15, 0.2) is 0 Å². The fraction of sp³-hybridized carbons (Fsp3) is 0.267. The number of fused-ring (bicyclic) bond motifs is 1. The summed E-state index contributed by atoms with van der Waals surface area (Å²) in [5.74, 6) is 0.579. The molecule has 0 saturated heterocycles. The van der Waals surface area contributed by atoms with Crippen LogP contribution >= 0.6 is 34.5 Å². The van der Waals surface area contributed by atoms with E-state index < -0.39 is 5.82 Å². The number of imidazole rings is 1. The van der Waals surface area contributed by atoms with Gasteiger partial charge in [0.2, 0.25) is 0 Å². The monoisotopic (exact) mass is 342 g/mol. The van der Waals surface area contributed by atoms with E-state index in [0.717, 1.165) is 17.8 Å². The zero-order valence-electron chi connectivity index (χ0n) is 11.3. The molecule has 2 nitrogen and oxygen atoms in total. The minimum atomic E-state index is -0.435. The second kappa shape index (κ2) is 5.95. The van der Waals surface area contributed by atoms with Gasteiger partial charge in [-0.1, -0.05) is 17.7 Å². The van der Waals surface area contributed by atoms with Crippen molar-refractivity contribution in [1.82, 2.24) is 9.55 Å². The van der Waals surface area contributed by atoms with E-state index in [1.165, 1.54) is 10.9 Å². The molecule has 0 amide bonds. The number of hydrogen-bond donors (Lipinski definition) is 0. The molecule has 1 atom stereocenters. The molecule has 1 unspecified atom stereocenters. The minimum absolute atomic E-state index is 0.0826. The first-order chi connectivity index (χ1) is 10.1. The van der Waals surface area contributed by atoms with Gasteiger partial charge >= 0.3 is 0 Å². The summed E-state index contributed by atoms with van der Waals surface area (Å²) in [5.41, 5.74) is 1.41. The van der Waals surface area contributed by atoms with Crippen molar-refractivity contribution in [3.05, 3.63) is 51.2 Å². The van der Waals surface area contributed by atoms with Crippen LogP contribution in [0.3, 0.4) is 0 Å². The van der Waals surface area contributed by atoms with Crippen molar-refractivity contribution in [3.8, 4) is 0 Å². The zero-order chi connectivity index (χ0) is 15.0. The third-order valence-electron chi connectivity index (χ3n) is 3.44. The van der Waals surface area contributed by atoms with Crippen LogP contribution in [0.25, 0.3) is 11.0 Å². The fourth-order valence-electron chi connectivity index (χ4n) is 2.54. The second-order valence-corrected chi connectivity index (χ2v) is 6.63. The molecule has 0 bridgehead atoms. The van der Waals surface area contributed by atoms with Crippen molar-refractivity contribution in [1.29, 1.82) is 0 Å². The lowest BCUT2D eigenvalue weighted by atomic mass is 10.2. The first-order valence-electron chi connectivity index (χ1n) is 6.54. The van der Waals surface area contributed by atoms with Crippen molar-refractivity contribution in [2.24, 2.45) is 0 Å². The van der Waals surface area contributed by atoms with Crippen molar-refractivity contribution in [2.45, 2.75) is 25.3 Å². The Bertz CT molecular complexity index is 768. The Morgan fingerprint density at radius 1 is 1.43 bits per heavy atom. The molecule has 3 aromatic rings. The Hall–Kier alpha value is -1.10. The van der Waals surface area contributed by atoms with Crippen LogP contribution in [0.15, 0.2) is 29.6 Å². The number of benzene rings is 1. The molecular formula is C15H13Cl2FN2S. The Morgan fingerprint density at radius 3 is 2.90 bits per heavy atom. The van der Waals surface area contributed by atoms with Gasteiger partial charge in [0.05, 0.1) is 21.9 Å². The summed E-state index contributed by atoms with van der Waals surface area (Å²) >= 11 is 13.5. The van der Waals surface area contributed by atoms with Crippen LogP contribution in [-0.4, -0.2) is 9.55 Å². The lowest BCUT2D eigenvalue weighted by molar-refractivity contribution is 0.545. The van der Waals surface area contributed by atoms with E-state index in [2.05, 4.69) is 23.4 Å². The molecule has 0 fully saturated rings. The van der Waals surface area contributed by atoms with Crippen LogP contribution in [0, 0.1) is 5.82 Å². The average molecular weight is 343 g/mol. The molecule has 0 saturated carbocycles. The molecule has 0 spiro atoms. The highest BCUT2D eigenvalue weighted by Gasteiger charge is 2.18. The Balaban J connectivity index is 2.09. The summed E-state index contributed by atoms with van der Waals surface area (Å²) in [6.07, 6.45) is 0.858. The van der Waals surface area contributed by atoms with Crippen LogP contribution in [0.5, 0.6) is 0 Å². The molecular weight excluding hydrogens is 330 g/mol. The molecule has 0 radical (unpaired) electrons. The quantitative estimate of drug-likeness (QED) is 0.577. The predicted octanol–water partition coefficient (Wildman–Crippen LogP) is 5.43. The Labute approximate surface area is 136 Å². The van der Waals surface area contributed by atoms with Crippen molar-refractivity contribution < 1.29 is 4.39 Å². The molecule has 2 aromatic heterocycles. The molecule has 6 heteroatoms. The summed E-state index contributed by atoms with van der Waals surface area (Å²) < 4.78 is 15.8. The molecule has 0 aliphatic heterocycles. The van der Waals surface area contributed by atoms with Gasteiger partial charge in [-0.2, -0.15) is 0 Å². The van der Waals surface area contributed by atoms with E-state index in [1.807, 2.05) is 10.6 Å². The second-order valence-electron chi connectivity index (χ2n) is 4.92. The van der Waals surface area contributed by atoms with E-state index in [0.29, 0.717) is 5.52 Å². The largest absolute Gasteiger partial charge is 0.324 e. The maximum atomic E-state index is 13.8. The zero-order valence-corrected chi connectivity index (χ0v) is 13.6. The van der Waals surface area contributed by atoms with Gasteiger partial charge < -0.3 is 4.57 Å². The maximum Gasteiger partial charge on any atom is 0.144 e. The number of alkyl halides is 1. The van der Waals surface area contributed by atoms with Gasteiger partial charge in [-0.25, -0.2) is 9.37 Å². The van der Waals surface area contributed by atoms with Gasteiger partial charge in [-0.3, -0.25) is 0 Å². The summed E-state index contributed by atoms with van der Waals surface area (Å²) in [7, 11) is 0. The number of hydrogen-bond acceptors (Lipinski definition) is 2. The van der Waals surface area contributed by atoms with Crippen molar-refractivity contribution in [3.63, 3.8) is 0 Å². The molecule has 2 heterocycles. The number of rotatable bonds is 4. The maximum absolute atomic E-state index is 13.8. The van der Waals surface area contributed by atoms with Crippen LogP contribution in [0.2, 0.25) is 5.02 Å². The summed E-state index contributed by atoms with van der Waals surface area (Å²) in [6.45, 7) is 2.09. The van der Waals surface area contributed by atoms with Crippen LogP contribution in [-0.2, 0) is 12.3 Å². The van der Waals surface area contributed by atoms with Crippen LogP contribution < -0.4 is 0 Å². The lowest BCUT2D eigenvalue weighted by Gasteiger charge is -2.16. The normalized spacial score (nSPS) is 13.0. The van der Waals surface area contributed by atoms with E-state index in [9.17, 15) is 4.39 Å². The van der Waals surface area contributed by atoms with Crippen molar-refractivity contribution in [2.75, 3.05) is 0 Å². The van der Waals surface area contributed by atoms with Crippen LogP contribution in [0.1, 0.15) is 23.7 Å². The van der Waals surface area contributed by atoms with Gasteiger partial charge in [-0.15, -0.1) is 22.9 Å². The van der Waals surface area contributed by atoms with Gasteiger partial charge in [-0.05, 0) is 24.4 Å². The predicted molar refractivity (Wildman–Crippen MR) is 87.0 cm³/mol. The number of halogens is 3. The molecule has 21 heavy (non-hydrogen) atoms. The van der Waals surface area contributed by atoms with Gasteiger partial charge in [0.1, 0.15) is 11.6 Å². The molecule has 110 valence electrons. The Morgan fingerprint density at radius 2 is 2.24 bits per heavy atom. The van der Waals surface area contributed by atoms with E-state index in [-0.39, 0.29) is 16.9 Å². The van der Waals surface area contributed by atoms with E-state index >= 15 is 0 Å². The molecule has 1 aromatic carbocycles. The first-order valence-corrected chi connectivity index (χ1v) is 8.33. The van der Waals surface area contributed by atoms with Crippen LogP contribution in [0.4, 0.5) is 4.39 Å². The van der Waals surface area contributed by atoms with E-state index in [1.54, 1.807) is 17.4 Å². The van der Waals surface area contributed by atoms with Crippen molar-refractivity contribution >= 4 is 45.6 Å². The third kappa shape index (κ3) is 2.80. The first kappa shape index (κ1) is 14.8. The molecule has 3 rings (SSSR count). The highest BCUT2D eigenvalue weighted by Crippen LogP contribution is 2.29. The highest BCUT2D eigenvalue weighted by molar-refractivity contribution is 7.09. The standard InChI is InChI=1S/C15H13Cl2FN2S/c1-9(5-10-3-2-4-21-10)20-14-7-12(18)11(17)6-13(14)19-15(20)8-16/h2-4,6-7,9H,5,8H2,1H3. The van der Waals surface area contributed by atoms with E-state index in [4.69, 9.17) is 23.2 Å². The number of aromatic nitrogens is 2. The summed E-state index contributed by atoms with van der Waals surface area (Å²) in [5, 5.41) is 2.13. The average Bonchev–Trinajstić information content (AvgIpc) is 3.06. The SMILES string of the molecule is CC(Cc1cccs1)n1c(CCl)nc2cc(Cl)c(F)cc21.